The first kappa shape index (κ1) is 22.1. The van der Waals surface area contributed by atoms with Gasteiger partial charge in [-0.05, 0) is 23.7 Å². The van der Waals surface area contributed by atoms with E-state index in [9.17, 15) is 36.9 Å². The van der Waals surface area contributed by atoms with Gasteiger partial charge in [0.15, 0.2) is 6.54 Å². The van der Waals surface area contributed by atoms with Crippen molar-refractivity contribution in [3.63, 3.8) is 0 Å². The number of allylic oxidation sites excluding steroid dienone is 1. The number of carbonyl (C=O) groups is 1. The molecular weight excluding hydrogens is 379 g/mol. The lowest BCUT2D eigenvalue weighted by molar-refractivity contribution is -0.396. The van der Waals surface area contributed by atoms with E-state index in [-0.39, 0.29) is 5.69 Å². The van der Waals surface area contributed by atoms with Crippen molar-refractivity contribution < 1.29 is 31.7 Å². The summed E-state index contributed by atoms with van der Waals surface area (Å²) in [5, 5.41) is 12.3. The van der Waals surface area contributed by atoms with Crippen LogP contribution in [0.15, 0.2) is 18.9 Å². The van der Waals surface area contributed by atoms with E-state index in [1.807, 2.05) is 0 Å². The summed E-state index contributed by atoms with van der Waals surface area (Å²) in [5.41, 5.74) is -0.0336. The molecule has 0 spiro atoms. The van der Waals surface area contributed by atoms with Gasteiger partial charge in [-0.15, -0.1) is 6.58 Å². The molecule has 1 heterocycles. The van der Waals surface area contributed by atoms with Crippen LogP contribution in [0.2, 0.25) is 0 Å². The number of hydrogen-bond acceptors (Lipinski definition) is 4. The molecule has 0 atom stereocenters. The number of amides is 1. The van der Waals surface area contributed by atoms with Crippen molar-refractivity contribution in [3.05, 3.63) is 34.7 Å². The standard InChI is InChI=1S/C15H15F5N4O3/c1-2-3-4-5-6-7-11-8-23(13(22-11)24(26)27)9-12(25)21-10-14(16,17)15(18,19)20/h2,8H,1,3-5,9-10H2,(H,21,25). The number of carbonyl (C=O) groups excluding carboxylic acids is 1. The molecule has 0 aliphatic heterocycles. The van der Waals surface area contributed by atoms with Gasteiger partial charge in [-0.3, -0.25) is 4.79 Å². The Hall–Kier alpha value is -2.97. The molecule has 0 unspecified atom stereocenters. The second-order valence-corrected chi connectivity index (χ2v) is 5.27. The highest BCUT2D eigenvalue weighted by molar-refractivity contribution is 5.76. The predicted octanol–water partition coefficient (Wildman–Crippen LogP) is 2.81. The normalized spacial score (nSPS) is 11.4. The van der Waals surface area contributed by atoms with Crippen LogP contribution in [0.25, 0.3) is 0 Å². The third-order valence-electron chi connectivity index (χ3n) is 3.08. The fraction of sp³-hybridized carbons (Fsp3) is 0.467. The zero-order chi connectivity index (χ0) is 20.7. The number of nitrogens with one attached hydrogen (secondary N) is 1. The number of unbranched alkanes of at least 4 members (excludes halogenated alkanes) is 2. The number of alkyl halides is 5. The van der Waals surface area contributed by atoms with Gasteiger partial charge in [0.05, 0.1) is 6.54 Å². The number of hydrogen-bond donors (Lipinski definition) is 1. The molecule has 0 bridgehead atoms. The number of aromatic nitrogens is 2. The minimum atomic E-state index is -5.82. The molecule has 0 aromatic carbocycles. The number of halogens is 5. The average molecular weight is 394 g/mol. The van der Waals surface area contributed by atoms with E-state index in [4.69, 9.17) is 0 Å². The Morgan fingerprint density at radius 3 is 2.63 bits per heavy atom. The number of nitro groups is 1. The van der Waals surface area contributed by atoms with Gasteiger partial charge >= 0.3 is 18.0 Å². The lowest BCUT2D eigenvalue weighted by atomic mass is 10.2. The summed E-state index contributed by atoms with van der Waals surface area (Å²) in [6.45, 7) is 0.692. The van der Waals surface area contributed by atoms with Crippen molar-refractivity contribution >= 4 is 11.9 Å². The molecule has 0 aliphatic carbocycles. The minimum Gasteiger partial charge on any atom is -0.390 e. The fourth-order valence-electron chi connectivity index (χ4n) is 1.74. The molecule has 0 aliphatic rings. The highest BCUT2D eigenvalue weighted by Gasteiger charge is 2.57. The molecule has 1 N–H and O–H groups in total. The van der Waals surface area contributed by atoms with Crippen molar-refractivity contribution in [3.8, 4) is 11.8 Å². The Morgan fingerprint density at radius 2 is 2.07 bits per heavy atom. The van der Waals surface area contributed by atoms with E-state index in [1.54, 1.807) is 6.08 Å². The second-order valence-electron chi connectivity index (χ2n) is 5.27. The van der Waals surface area contributed by atoms with Crippen molar-refractivity contribution in [2.45, 2.75) is 37.9 Å². The molecule has 0 saturated heterocycles. The minimum absolute atomic E-state index is 0.0336. The first-order chi connectivity index (χ1) is 12.5. The molecule has 1 aromatic rings. The van der Waals surface area contributed by atoms with Crippen molar-refractivity contribution in [1.29, 1.82) is 0 Å². The maximum Gasteiger partial charge on any atom is 0.455 e. The third kappa shape index (κ3) is 6.69. The zero-order valence-corrected chi connectivity index (χ0v) is 13.9. The lowest BCUT2D eigenvalue weighted by Gasteiger charge is -2.19. The van der Waals surface area contributed by atoms with E-state index in [0.29, 0.717) is 11.0 Å². The van der Waals surface area contributed by atoms with Crippen LogP contribution in [0, 0.1) is 22.0 Å². The summed E-state index contributed by atoms with van der Waals surface area (Å²) in [5.74, 6) is -1.92. The highest BCUT2D eigenvalue weighted by Crippen LogP contribution is 2.34. The Kier molecular flexibility index (Phi) is 7.45. The van der Waals surface area contributed by atoms with Crippen LogP contribution in [0.3, 0.4) is 0 Å². The van der Waals surface area contributed by atoms with Crippen molar-refractivity contribution in [2.24, 2.45) is 0 Å². The van der Waals surface area contributed by atoms with Gasteiger partial charge in [-0.1, -0.05) is 17.0 Å². The van der Waals surface area contributed by atoms with Gasteiger partial charge in [-0.25, -0.2) is 4.57 Å². The van der Waals surface area contributed by atoms with E-state index in [2.05, 4.69) is 23.4 Å². The topological polar surface area (TPSA) is 90.1 Å². The van der Waals surface area contributed by atoms with Gasteiger partial charge in [0.1, 0.15) is 6.20 Å². The van der Waals surface area contributed by atoms with Crippen LogP contribution in [-0.2, 0) is 11.3 Å². The van der Waals surface area contributed by atoms with Gasteiger partial charge in [0.2, 0.25) is 5.69 Å². The summed E-state index contributed by atoms with van der Waals surface area (Å²) in [7, 11) is 0. The number of rotatable bonds is 8. The molecule has 12 heteroatoms. The summed E-state index contributed by atoms with van der Waals surface area (Å²) in [4.78, 5) is 25.2. The molecule has 0 saturated carbocycles. The predicted molar refractivity (Wildman–Crippen MR) is 83.8 cm³/mol. The quantitative estimate of drug-likeness (QED) is 0.183. The molecule has 148 valence electrons. The maximum atomic E-state index is 12.8. The van der Waals surface area contributed by atoms with Crippen molar-refractivity contribution in [2.75, 3.05) is 6.54 Å². The van der Waals surface area contributed by atoms with Gasteiger partial charge in [0, 0.05) is 6.42 Å². The molecular formula is C15H15F5N4O3. The first-order valence-corrected chi connectivity index (χ1v) is 7.50. The van der Waals surface area contributed by atoms with Crippen LogP contribution in [0.5, 0.6) is 0 Å². The Balaban J connectivity index is 2.79. The molecule has 7 nitrogen and oxygen atoms in total. The highest BCUT2D eigenvalue weighted by atomic mass is 19.4. The molecule has 0 fully saturated rings. The molecule has 27 heavy (non-hydrogen) atoms. The van der Waals surface area contributed by atoms with E-state index < -0.39 is 42.0 Å². The Morgan fingerprint density at radius 1 is 1.41 bits per heavy atom. The number of imidazole rings is 1. The summed E-state index contributed by atoms with van der Waals surface area (Å²) >= 11 is 0. The first-order valence-electron chi connectivity index (χ1n) is 7.50. The summed E-state index contributed by atoms with van der Waals surface area (Å²) in [6, 6.07) is 0. The molecule has 0 radical (unpaired) electrons. The number of nitrogens with zero attached hydrogens (tertiary/aromatic N) is 3. The Bertz CT molecular complexity index is 762. The molecule has 1 amide bonds. The van der Waals surface area contributed by atoms with Crippen LogP contribution in [0.1, 0.15) is 25.0 Å². The maximum absolute atomic E-state index is 12.8. The van der Waals surface area contributed by atoms with Crippen LogP contribution >= 0.6 is 0 Å². The SMILES string of the molecule is C=CCCCC#Cc1cn(CC(=O)NCC(F)(F)C(F)(F)F)c([N+](=O)[O-])n1. The average Bonchev–Trinajstić information content (AvgIpc) is 2.95. The zero-order valence-electron chi connectivity index (χ0n) is 13.9. The largest absolute Gasteiger partial charge is 0.455 e. The summed E-state index contributed by atoms with van der Waals surface area (Å²) in [6.07, 6.45) is -1.17. The fourth-order valence-corrected chi connectivity index (χ4v) is 1.74. The van der Waals surface area contributed by atoms with E-state index in [1.165, 1.54) is 5.32 Å². The van der Waals surface area contributed by atoms with Crippen LogP contribution < -0.4 is 5.32 Å². The van der Waals surface area contributed by atoms with Gasteiger partial charge < -0.3 is 15.4 Å². The summed E-state index contributed by atoms with van der Waals surface area (Å²) < 4.78 is 62.4. The third-order valence-corrected chi connectivity index (χ3v) is 3.08. The van der Waals surface area contributed by atoms with E-state index in [0.717, 1.165) is 19.0 Å². The van der Waals surface area contributed by atoms with Gasteiger partial charge in [0.25, 0.3) is 5.91 Å². The second kappa shape index (κ2) is 9.11. The van der Waals surface area contributed by atoms with Gasteiger partial charge in [-0.2, -0.15) is 22.0 Å². The van der Waals surface area contributed by atoms with Crippen LogP contribution in [-0.4, -0.2) is 39.0 Å². The lowest BCUT2D eigenvalue weighted by Crippen LogP contribution is -2.47. The monoisotopic (exact) mass is 394 g/mol. The van der Waals surface area contributed by atoms with Crippen molar-refractivity contribution in [1.82, 2.24) is 14.9 Å². The van der Waals surface area contributed by atoms with E-state index >= 15 is 0 Å². The molecule has 1 rings (SSSR count). The van der Waals surface area contributed by atoms with Crippen LogP contribution in [0.4, 0.5) is 27.9 Å². The smallest absolute Gasteiger partial charge is 0.390 e. The molecule has 1 aromatic heterocycles. The Labute approximate surface area is 150 Å².